The number of amides is 1. The molecular weight excluding hydrogens is 316 g/mol. The van der Waals surface area contributed by atoms with Gasteiger partial charge >= 0.3 is 0 Å². The summed E-state index contributed by atoms with van der Waals surface area (Å²) in [6, 6.07) is 14.9. The number of carbonyl (C=O) groups excluding carboxylic acids is 1. The molecule has 1 amide bonds. The maximum atomic E-state index is 12.5. The number of hydrogen-bond acceptors (Lipinski definition) is 2. The maximum Gasteiger partial charge on any atom is 0.234 e. The van der Waals surface area contributed by atoms with E-state index in [0.717, 1.165) is 15.7 Å². The standard InChI is InChI=1S/C16H17BrN2O/c1-16(2,11-3-7-13(18)8-4-11)15(20)19-14-9-5-12(17)6-10-14/h3-10H,18H2,1-2H3,(H,19,20). The number of nitrogens with two attached hydrogens (primary N) is 1. The molecule has 0 saturated heterocycles. The predicted octanol–water partition coefficient (Wildman–Crippen LogP) is 3.95. The minimum Gasteiger partial charge on any atom is -0.399 e. The van der Waals surface area contributed by atoms with Crippen molar-refractivity contribution in [1.82, 2.24) is 0 Å². The first kappa shape index (κ1) is 14.6. The van der Waals surface area contributed by atoms with Crippen molar-refractivity contribution in [1.29, 1.82) is 0 Å². The molecule has 2 rings (SSSR count). The summed E-state index contributed by atoms with van der Waals surface area (Å²) in [7, 11) is 0. The van der Waals surface area contributed by atoms with Gasteiger partial charge in [0.05, 0.1) is 5.41 Å². The van der Waals surface area contributed by atoms with Crippen molar-refractivity contribution in [3.63, 3.8) is 0 Å². The molecule has 3 nitrogen and oxygen atoms in total. The van der Waals surface area contributed by atoms with E-state index in [1.165, 1.54) is 0 Å². The van der Waals surface area contributed by atoms with E-state index in [2.05, 4.69) is 21.2 Å². The highest BCUT2D eigenvalue weighted by Gasteiger charge is 2.29. The number of nitrogen functional groups attached to an aromatic ring is 1. The molecule has 0 aliphatic carbocycles. The van der Waals surface area contributed by atoms with E-state index in [9.17, 15) is 4.79 Å². The zero-order valence-corrected chi connectivity index (χ0v) is 13.1. The molecule has 0 unspecified atom stereocenters. The first-order chi connectivity index (χ1) is 9.39. The summed E-state index contributed by atoms with van der Waals surface area (Å²) in [5, 5.41) is 2.93. The molecular formula is C16H17BrN2O. The maximum absolute atomic E-state index is 12.5. The summed E-state index contributed by atoms with van der Waals surface area (Å²) < 4.78 is 0.980. The Morgan fingerprint density at radius 3 is 2.15 bits per heavy atom. The van der Waals surface area contributed by atoms with E-state index in [1.807, 2.05) is 62.4 Å². The Morgan fingerprint density at radius 2 is 1.60 bits per heavy atom. The molecule has 0 aromatic heterocycles. The number of anilines is 2. The average molecular weight is 333 g/mol. The Kier molecular flexibility index (Phi) is 4.14. The van der Waals surface area contributed by atoms with Crippen LogP contribution in [-0.2, 0) is 10.2 Å². The van der Waals surface area contributed by atoms with Gasteiger partial charge < -0.3 is 11.1 Å². The van der Waals surface area contributed by atoms with E-state index in [4.69, 9.17) is 5.73 Å². The van der Waals surface area contributed by atoms with Crippen molar-refractivity contribution in [2.45, 2.75) is 19.3 Å². The highest BCUT2D eigenvalue weighted by Crippen LogP contribution is 2.26. The molecule has 2 aromatic rings. The third kappa shape index (κ3) is 3.20. The number of rotatable bonds is 3. The number of halogens is 1. The molecule has 0 aliphatic rings. The topological polar surface area (TPSA) is 55.1 Å². The van der Waals surface area contributed by atoms with Crippen molar-refractivity contribution < 1.29 is 4.79 Å². The summed E-state index contributed by atoms with van der Waals surface area (Å²) in [5.74, 6) is -0.0513. The molecule has 0 heterocycles. The van der Waals surface area contributed by atoms with Gasteiger partial charge in [0.1, 0.15) is 0 Å². The van der Waals surface area contributed by atoms with Gasteiger partial charge in [-0.3, -0.25) is 4.79 Å². The van der Waals surface area contributed by atoms with Gasteiger partial charge in [-0.05, 0) is 55.8 Å². The number of hydrogen-bond donors (Lipinski definition) is 2. The Labute approximate surface area is 127 Å². The summed E-state index contributed by atoms with van der Waals surface area (Å²) in [4.78, 5) is 12.5. The van der Waals surface area contributed by atoms with E-state index in [0.29, 0.717) is 5.69 Å². The fourth-order valence-electron chi connectivity index (χ4n) is 1.85. The Hall–Kier alpha value is -1.81. The molecule has 4 heteroatoms. The quantitative estimate of drug-likeness (QED) is 0.836. The smallest absolute Gasteiger partial charge is 0.234 e. The van der Waals surface area contributed by atoms with Crippen molar-refractivity contribution in [3.8, 4) is 0 Å². The number of benzene rings is 2. The third-order valence-corrected chi connectivity index (χ3v) is 3.83. The second-order valence-corrected chi connectivity index (χ2v) is 6.12. The van der Waals surface area contributed by atoms with Crippen LogP contribution in [0.2, 0.25) is 0 Å². The molecule has 104 valence electrons. The SMILES string of the molecule is CC(C)(C(=O)Nc1ccc(Br)cc1)c1ccc(N)cc1. The van der Waals surface area contributed by atoms with Crippen LogP contribution in [0.3, 0.4) is 0 Å². The van der Waals surface area contributed by atoms with E-state index in [1.54, 1.807) is 0 Å². The lowest BCUT2D eigenvalue weighted by atomic mass is 9.83. The van der Waals surface area contributed by atoms with Crippen LogP contribution in [0.25, 0.3) is 0 Å². The summed E-state index contributed by atoms with van der Waals surface area (Å²) >= 11 is 3.37. The minimum absolute atomic E-state index is 0.0513. The van der Waals surface area contributed by atoms with Gasteiger partial charge in [-0.15, -0.1) is 0 Å². The van der Waals surface area contributed by atoms with Crippen molar-refractivity contribution in [2.24, 2.45) is 0 Å². The normalized spacial score (nSPS) is 11.2. The second-order valence-electron chi connectivity index (χ2n) is 5.21. The monoisotopic (exact) mass is 332 g/mol. The van der Waals surface area contributed by atoms with E-state index >= 15 is 0 Å². The molecule has 0 saturated carbocycles. The summed E-state index contributed by atoms with van der Waals surface area (Å²) in [6.07, 6.45) is 0. The fourth-order valence-corrected chi connectivity index (χ4v) is 2.12. The van der Waals surface area contributed by atoms with Crippen LogP contribution in [0.4, 0.5) is 11.4 Å². The van der Waals surface area contributed by atoms with Gasteiger partial charge in [0.25, 0.3) is 0 Å². The van der Waals surface area contributed by atoms with Gasteiger partial charge in [0, 0.05) is 15.8 Å². The molecule has 0 radical (unpaired) electrons. The molecule has 0 fully saturated rings. The van der Waals surface area contributed by atoms with Crippen LogP contribution in [-0.4, -0.2) is 5.91 Å². The number of nitrogens with one attached hydrogen (secondary N) is 1. The number of carbonyl (C=O) groups is 1. The lowest BCUT2D eigenvalue weighted by Gasteiger charge is -2.24. The lowest BCUT2D eigenvalue weighted by Crippen LogP contribution is -2.34. The highest BCUT2D eigenvalue weighted by molar-refractivity contribution is 9.10. The van der Waals surface area contributed by atoms with Gasteiger partial charge in [0.2, 0.25) is 5.91 Å². The third-order valence-electron chi connectivity index (χ3n) is 3.30. The van der Waals surface area contributed by atoms with Gasteiger partial charge in [-0.25, -0.2) is 0 Å². The van der Waals surface area contributed by atoms with Gasteiger partial charge in [-0.2, -0.15) is 0 Å². The van der Waals surface area contributed by atoms with Crippen LogP contribution in [0, 0.1) is 0 Å². The van der Waals surface area contributed by atoms with Crippen LogP contribution in [0.15, 0.2) is 53.0 Å². The van der Waals surface area contributed by atoms with Gasteiger partial charge in [-0.1, -0.05) is 28.1 Å². The van der Waals surface area contributed by atoms with Crippen LogP contribution in [0.1, 0.15) is 19.4 Å². The van der Waals surface area contributed by atoms with Gasteiger partial charge in [0.15, 0.2) is 0 Å². The molecule has 2 aromatic carbocycles. The minimum atomic E-state index is -0.624. The molecule has 0 bridgehead atoms. The van der Waals surface area contributed by atoms with Crippen molar-refractivity contribution in [3.05, 3.63) is 58.6 Å². The largest absolute Gasteiger partial charge is 0.399 e. The first-order valence-corrected chi connectivity index (χ1v) is 7.12. The Bertz CT molecular complexity index is 603. The molecule has 0 spiro atoms. The average Bonchev–Trinajstić information content (AvgIpc) is 2.42. The van der Waals surface area contributed by atoms with Crippen LogP contribution >= 0.6 is 15.9 Å². The predicted molar refractivity (Wildman–Crippen MR) is 86.7 cm³/mol. The highest BCUT2D eigenvalue weighted by atomic mass is 79.9. The van der Waals surface area contributed by atoms with Crippen LogP contribution < -0.4 is 11.1 Å². The second kappa shape index (κ2) is 5.67. The first-order valence-electron chi connectivity index (χ1n) is 6.32. The molecule has 0 aliphatic heterocycles. The van der Waals surface area contributed by atoms with Crippen molar-refractivity contribution in [2.75, 3.05) is 11.1 Å². The molecule has 3 N–H and O–H groups in total. The summed E-state index contributed by atoms with van der Waals surface area (Å²) in [6.45, 7) is 3.79. The zero-order valence-electron chi connectivity index (χ0n) is 11.5. The van der Waals surface area contributed by atoms with Crippen molar-refractivity contribution >= 4 is 33.2 Å². The molecule has 0 atom stereocenters. The van der Waals surface area contributed by atoms with Crippen LogP contribution in [0.5, 0.6) is 0 Å². The fraction of sp³-hybridized carbons (Fsp3) is 0.188. The lowest BCUT2D eigenvalue weighted by molar-refractivity contribution is -0.120. The molecule has 20 heavy (non-hydrogen) atoms. The Morgan fingerprint density at radius 1 is 1.05 bits per heavy atom. The summed E-state index contributed by atoms with van der Waals surface area (Å²) in [5.41, 5.74) is 7.46. The Balaban J connectivity index is 2.18. The van der Waals surface area contributed by atoms with E-state index < -0.39 is 5.41 Å². The van der Waals surface area contributed by atoms with E-state index in [-0.39, 0.29) is 5.91 Å². The zero-order chi connectivity index (χ0) is 14.8.